The first-order chi connectivity index (χ1) is 11.6. The van der Waals surface area contributed by atoms with Crippen molar-refractivity contribution in [1.29, 1.82) is 0 Å². The van der Waals surface area contributed by atoms with Crippen LogP contribution in [0.5, 0.6) is 11.5 Å². The SMILES string of the molecule is CCCOc1cc(Cl)c(CNCCc2ccc(F)cc2)cc1OC. The van der Waals surface area contributed by atoms with Crippen LogP contribution in [0.3, 0.4) is 0 Å². The number of hydrogen-bond donors (Lipinski definition) is 1. The molecule has 3 nitrogen and oxygen atoms in total. The van der Waals surface area contributed by atoms with Crippen molar-refractivity contribution in [2.24, 2.45) is 0 Å². The Bertz CT molecular complexity index is 647. The molecule has 0 aliphatic rings. The van der Waals surface area contributed by atoms with Crippen LogP contribution in [0, 0.1) is 5.82 Å². The number of halogens is 2. The van der Waals surface area contributed by atoms with E-state index in [-0.39, 0.29) is 5.82 Å². The summed E-state index contributed by atoms with van der Waals surface area (Å²) >= 11 is 6.33. The van der Waals surface area contributed by atoms with Crippen LogP contribution in [0.2, 0.25) is 5.02 Å². The predicted octanol–water partition coefficient (Wildman–Crippen LogP) is 4.61. The molecule has 0 heterocycles. The average Bonchev–Trinajstić information content (AvgIpc) is 2.59. The average molecular weight is 352 g/mol. The summed E-state index contributed by atoms with van der Waals surface area (Å²) < 4.78 is 23.9. The van der Waals surface area contributed by atoms with Crippen molar-refractivity contribution in [2.45, 2.75) is 26.3 Å². The zero-order chi connectivity index (χ0) is 17.4. The van der Waals surface area contributed by atoms with Crippen molar-refractivity contribution in [1.82, 2.24) is 5.32 Å². The second-order valence-electron chi connectivity index (χ2n) is 5.50. The van der Waals surface area contributed by atoms with E-state index in [2.05, 4.69) is 5.32 Å². The minimum absolute atomic E-state index is 0.212. The fourth-order valence-electron chi connectivity index (χ4n) is 2.30. The monoisotopic (exact) mass is 351 g/mol. The van der Waals surface area contributed by atoms with Gasteiger partial charge in [0, 0.05) is 17.6 Å². The minimum Gasteiger partial charge on any atom is -0.493 e. The Kier molecular flexibility index (Phi) is 7.35. The smallest absolute Gasteiger partial charge is 0.162 e. The Morgan fingerprint density at radius 1 is 1.12 bits per heavy atom. The topological polar surface area (TPSA) is 30.5 Å². The third-order valence-corrected chi connectivity index (χ3v) is 3.97. The molecular formula is C19H23ClFNO2. The van der Waals surface area contributed by atoms with Crippen LogP contribution in [0.15, 0.2) is 36.4 Å². The number of hydrogen-bond acceptors (Lipinski definition) is 3. The van der Waals surface area contributed by atoms with Crippen molar-refractivity contribution in [3.8, 4) is 11.5 Å². The van der Waals surface area contributed by atoms with Gasteiger partial charge < -0.3 is 14.8 Å². The zero-order valence-corrected chi connectivity index (χ0v) is 14.8. The molecular weight excluding hydrogens is 329 g/mol. The van der Waals surface area contributed by atoms with E-state index < -0.39 is 0 Å². The molecule has 1 N–H and O–H groups in total. The first-order valence-corrected chi connectivity index (χ1v) is 8.46. The number of nitrogens with one attached hydrogen (secondary N) is 1. The highest BCUT2D eigenvalue weighted by atomic mass is 35.5. The zero-order valence-electron chi connectivity index (χ0n) is 14.1. The van der Waals surface area contributed by atoms with Crippen LogP contribution >= 0.6 is 11.6 Å². The Hall–Kier alpha value is -1.78. The molecule has 0 radical (unpaired) electrons. The Morgan fingerprint density at radius 3 is 2.54 bits per heavy atom. The van der Waals surface area contributed by atoms with E-state index in [9.17, 15) is 4.39 Å². The van der Waals surface area contributed by atoms with Gasteiger partial charge in [-0.1, -0.05) is 30.7 Å². The van der Waals surface area contributed by atoms with Crippen molar-refractivity contribution >= 4 is 11.6 Å². The molecule has 2 rings (SSSR count). The predicted molar refractivity (Wildman–Crippen MR) is 95.6 cm³/mol. The molecule has 0 aliphatic carbocycles. The molecule has 0 bridgehead atoms. The van der Waals surface area contributed by atoms with Gasteiger partial charge in [-0.2, -0.15) is 0 Å². The van der Waals surface area contributed by atoms with E-state index in [1.165, 1.54) is 12.1 Å². The second-order valence-corrected chi connectivity index (χ2v) is 5.90. The van der Waals surface area contributed by atoms with Crippen molar-refractivity contribution in [2.75, 3.05) is 20.3 Å². The molecule has 0 spiro atoms. The second kappa shape index (κ2) is 9.50. The van der Waals surface area contributed by atoms with E-state index in [1.807, 2.05) is 13.0 Å². The summed E-state index contributed by atoms with van der Waals surface area (Å²) in [5.74, 6) is 1.14. The van der Waals surface area contributed by atoms with Crippen LogP contribution in [0.25, 0.3) is 0 Å². The van der Waals surface area contributed by atoms with Gasteiger partial charge in [0.1, 0.15) is 5.82 Å². The van der Waals surface area contributed by atoms with Gasteiger partial charge in [0.25, 0.3) is 0 Å². The minimum atomic E-state index is -0.212. The van der Waals surface area contributed by atoms with Crippen LogP contribution < -0.4 is 14.8 Å². The highest BCUT2D eigenvalue weighted by Gasteiger charge is 2.10. The summed E-state index contributed by atoms with van der Waals surface area (Å²) in [5.41, 5.74) is 2.05. The van der Waals surface area contributed by atoms with Gasteiger partial charge in [-0.3, -0.25) is 0 Å². The lowest BCUT2D eigenvalue weighted by molar-refractivity contribution is 0.294. The molecule has 0 fully saturated rings. The fraction of sp³-hybridized carbons (Fsp3) is 0.368. The molecule has 0 aromatic heterocycles. The highest BCUT2D eigenvalue weighted by Crippen LogP contribution is 2.33. The molecule has 0 amide bonds. The normalized spacial score (nSPS) is 10.7. The lowest BCUT2D eigenvalue weighted by Gasteiger charge is -2.14. The summed E-state index contributed by atoms with van der Waals surface area (Å²) in [6.45, 7) is 4.08. The molecule has 0 saturated carbocycles. The Morgan fingerprint density at radius 2 is 1.88 bits per heavy atom. The fourth-order valence-corrected chi connectivity index (χ4v) is 2.52. The largest absolute Gasteiger partial charge is 0.493 e. The third kappa shape index (κ3) is 5.39. The quantitative estimate of drug-likeness (QED) is 0.669. The van der Waals surface area contributed by atoms with Crippen LogP contribution in [-0.4, -0.2) is 20.3 Å². The van der Waals surface area contributed by atoms with Crippen molar-refractivity contribution in [3.05, 3.63) is 58.4 Å². The summed E-state index contributed by atoms with van der Waals surface area (Å²) in [6.07, 6.45) is 1.75. The number of ether oxygens (including phenoxy) is 2. The van der Waals surface area contributed by atoms with Crippen LogP contribution in [-0.2, 0) is 13.0 Å². The molecule has 0 saturated heterocycles. The molecule has 2 aromatic rings. The van der Waals surface area contributed by atoms with Crippen molar-refractivity contribution < 1.29 is 13.9 Å². The molecule has 5 heteroatoms. The maximum Gasteiger partial charge on any atom is 0.162 e. The van der Waals surface area contributed by atoms with Gasteiger partial charge >= 0.3 is 0 Å². The maximum absolute atomic E-state index is 12.9. The lowest BCUT2D eigenvalue weighted by Crippen LogP contribution is -2.17. The summed E-state index contributed by atoms with van der Waals surface area (Å²) in [5, 5.41) is 3.99. The van der Waals surface area contributed by atoms with Gasteiger partial charge in [-0.05, 0) is 48.7 Å². The molecule has 24 heavy (non-hydrogen) atoms. The van der Waals surface area contributed by atoms with Gasteiger partial charge in [-0.25, -0.2) is 4.39 Å². The lowest BCUT2D eigenvalue weighted by atomic mass is 10.1. The third-order valence-electron chi connectivity index (χ3n) is 3.61. The number of rotatable bonds is 9. The first-order valence-electron chi connectivity index (χ1n) is 8.08. The van der Waals surface area contributed by atoms with Crippen LogP contribution in [0.1, 0.15) is 24.5 Å². The molecule has 0 unspecified atom stereocenters. The molecule has 0 aliphatic heterocycles. The molecule has 2 aromatic carbocycles. The van der Waals surface area contributed by atoms with Gasteiger partial charge in [0.15, 0.2) is 11.5 Å². The van der Waals surface area contributed by atoms with E-state index in [0.717, 1.165) is 30.5 Å². The summed E-state index contributed by atoms with van der Waals surface area (Å²) in [6, 6.07) is 10.3. The van der Waals surface area contributed by atoms with E-state index in [4.69, 9.17) is 21.1 Å². The highest BCUT2D eigenvalue weighted by molar-refractivity contribution is 6.31. The van der Waals surface area contributed by atoms with E-state index >= 15 is 0 Å². The van der Waals surface area contributed by atoms with Crippen LogP contribution in [0.4, 0.5) is 4.39 Å². The Balaban J connectivity index is 1.90. The Labute approximate surface area is 147 Å². The van der Waals surface area contributed by atoms with E-state index in [0.29, 0.717) is 29.7 Å². The van der Waals surface area contributed by atoms with Gasteiger partial charge in [0.05, 0.1) is 13.7 Å². The van der Waals surface area contributed by atoms with Gasteiger partial charge in [0.2, 0.25) is 0 Å². The van der Waals surface area contributed by atoms with Crippen molar-refractivity contribution in [3.63, 3.8) is 0 Å². The number of benzene rings is 2. The van der Waals surface area contributed by atoms with E-state index in [1.54, 1.807) is 25.3 Å². The standard InChI is InChI=1S/C19H23ClFNO2/c1-3-10-24-19-12-17(20)15(11-18(19)23-2)13-22-9-8-14-4-6-16(21)7-5-14/h4-7,11-12,22H,3,8-10,13H2,1-2H3. The summed E-state index contributed by atoms with van der Waals surface area (Å²) in [4.78, 5) is 0. The first kappa shape index (κ1) is 18.6. The van der Waals surface area contributed by atoms with Gasteiger partial charge in [-0.15, -0.1) is 0 Å². The maximum atomic E-state index is 12.9. The molecule has 130 valence electrons. The number of methoxy groups -OCH3 is 1. The summed E-state index contributed by atoms with van der Waals surface area (Å²) in [7, 11) is 1.62. The molecule has 0 atom stereocenters.